The molecule has 20 heavy (non-hydrogen) atoms. The van der Waals surface area contributed by atoms with Crippen LogP contribution in [0.5, 0.6) is 0 Å². The van der Waals surface area contributed by atoms with Crippen molar-refractivity contribution in [3.63, 3.8) is 0 Å². The van der Waals surface area contributed by atoms with Gasteiger partial charge in [0.25, 0.3) is 0 Å². The van der Waals surface area contributed by atoms with E-state index < -0.39 is 5.60 Å². The first-order chi connectivity index (χ1) is 9.27. The molecule has 0 aromatic heterocycles. The van der Waals surface area contributed by atoms with Crippen LogP contribution in [0.4, 0.5) is 0 Å². The average Bonchev–Trinajstić information content (AvgIpc) is 3.03. The van der Waals surface area contributed by atoms with Gasteiger partial charge in [0.1, 0.15) is 5.60 Å². The highest BCUT2D eigenvalue weighted by Gasteiger charge is 2.44. The van der Waals surface area contributed by atoms with Crippen LogP contribution in [-0.2, 0) is 19.1 Å². The summed E-state index contributed by atoms with van der Waals surface area (Å²) in [6, 6.07) is 0. The molecule has 4 heteroatoms. The summed E-state index contributed by atoms with van der Waals surface area (Å²) in [6.45, 7) is 9.58. The molecule has 0 N–H and O–H groups in total. The topological polar surface area (TPSA) is 52.6 Å². The lowest BCUT2D eigenvalue weighted by molar-refractivity contribution is -0.152. The van der Waals surface area contributed by atoms with Gasteiger partial charge in [-0.3, -0.25) is 9.59 Å². The maximum atomic E-state index is 11.6. The van der Waals surface area contributed by atoms with Gasteiger partial charge in [-0.05, 0) is 59.0 Å². The molecule has 3 atom stereocenters. The van der Waals surface area contributed by atoms with E-state index in [1.165, 1.54) is 6.92 Å². The Bertz CT molecular complexity index is 395. The van der Waals surface area contributed by atoms with Crippen LogP contribution >= 0.6 is 0 Å². The third kappa shape index (κ3) is 5.35. The molecule has 114 valence electrons. The molecule has 1 saturated carbocycles. The van der Waals surface area contributed by atoms with E-state index in [0.717, 1.165) is 24.8 Å². The lowest BCUT2D eigenvalue weighted by atomic mass is 9.95. The molecule has 0 bridgehead atoms. The van der Waals surface area contributed by atoms with Crippen LogP contribution in [0.1, 0.15) is 53.9 Å². The molecular weight excluding hydrogens is 256 g/mol. The first kappa shape index (κ1) is 16.7. The molecule has 0 aromatic rings. The first-order valence-electron chi connectivity index (χ1n) is 7.29. The van der Waals surface area contributed by atoms with Gasteiger partial charge >= 0.3 is 11.9 Å². The Balaban J connectivity index is 2.51. The van der Waals surface area contributed by atoms with Gasteiger partial charge in [-0.1, -0.05) is 5.57 Å². The number of esters is 2. The standard InChI is InChI=1S/C16H26O4/c1-6-19-15(18)14-9-13(14)7-8-16(5,10-11(2)3)20-12(4)17/h10,13-14H,6-9H2,1-5H3. The minimum Gasteiger partial charge on any atom is -0.466 e. The molecule has 3 unspecified atom stereocenters. The van der Waals surface area contributed by atoms with Gasteiger partial charge in [0, 0.05) is 6.92 Å². The number of allylic oxidation sites excluding steroid dienone is 1. The van der Waals surface area contributed by atoms with Crippen LogP contribution in [-0.4, -0.2) is 24.1 Å². The van der Waals surface area contributed by atoms with Crippen LogP contribution in [0.15, 0.2) is 11.6 Å². The Morgan fingerprint density at radius 2 is 1.95 bits per heavy atom. The summed E-state index contributed by atoms with van der Waals surface area (Å²) in [6.07, 6.45) is 4.48. The van der Waals surface area contributed by atoms with Gasteiger partial charge in [0.2, 0.25) is 0 Å². The SMILES string of the molecule is CCOC(=O)C1CC1CCC(C)(C=C(C)C)OC(C)=O. The summed E-state index contributed by atoms with van der Waals surface area (Å²) in [7, 11) is 0. The van der Waals surface area contributed by atoms with Crippen molar-refractivity contribution in [2.45, 2.75) is 59.5 Å². The van der Waals surface area contributed by atoms with Crippen LogP contribution < -0.4 is 0 Å². The molecule has 1 fully saturated rings. The van der Waals surface area contributed by atoms with Gasteiger partial charge in [0.05, 0.1) is 12.5 Å². The average molecular weight is 282 g/mol. The largest absolute Gasteiger partial charge is 0.466 e. The van der Waals surface area contributed by atoms with Crippen LogP contribution in [0, 0.1) is 11.8 Å². The number of ether oxygens (including phenoxy) is 2. The highest BCUT2D eigenvalue weighted by molar-refractivity contribution is 5.75. The lowest BCUT2D eigenvalue weighted by Crippen LogP contribution is -2.29. The van der Waals surface area contributed by atoms with Crippen molar-refractivity contribution >= 4 is 11.9 Å². The molecule has 0 radical (unpaired) electrons. The summed E-state index contributed by atoms with van der Waals surface area (Å²) < 4.78 is 10.5. The molecule has 1 aliphatic rings. The second-order valence-corrected chi connectivity index (χ2v) is 6.02. The van der Waals surface area contributed by atoms with Crippen molar-refractivity contribution in [2.24, 2.45) is 11.8 Å². The zero-order valence-corrected chi connectivity index (χ0v) is 13.2. The Kier molecular flexibility index (Phi) is 5.78. The number of hydrogen-bond donors (Lipinski definition) is 0. The molecule has 0 saturated heterocycles. The van der Waals surface area contributed by atoms with E-state index in [2.05, 4.69) is 0 Å². The third-order valence-corrected chi connectivity index (χ3v) is 3.49. The smallest absolute Gasteiger partial charge is 0.309 e. The monoisotopic (exact) mass is 282 g/mol. The zero-order valence-electron chi connectivity index (χ0n) is 13.2. The highest BCUT2D eigenvalue weighted by atomic mass is 16.6. The van der Waals surface area contributed by atoms with E-state index in [1.807, 2.05) is 33.8 Å². The first-order valence-corrected chi connectivity index (χ1v) is 7.29. The molecule has 1 rings (SSSR count). The van der Waals surface area contributed by atoms with Crippen molar-refractivity contribution in [1.29, 1.82) is 0 Å². The predicted octanol–water partition coefficient (Wildman–Crippen LogP) is 3.25. The summed E-state index contributed by atoms with van der Waals surface area (Å²) in [5.74, 6) is 0.0503. The van der Waals surface area contributed by atoms with E-state index in [4.69, 9.17) is 9.47 Å². The Hall–Kier alpha value is -1.32. The Labute approximate surface area is 121 Å². The molecule has 0 amide bonds. The lowest BCUT2D eigenvalue weighted by Gasteiger charge is -2.26. The zero-order chi connectivity index (χ0) is 15.3. The number of carbonyl (C=O) groups excluding carboxylic acids is 2. The molecule has 0 spiro atoms. The number of rotatable bonds is 7. The number of carbonyl (C=O) groups is 2. The molecule has 0 heterocycles. The number of hydrogen-bond acceptors (Lipinski definition) is 4. The molecule has 0 aliphatic heterocycles. The Morgan fingerprint density at radius 3 is 2.45 bits per heavy atom. The molecule has 4 nitrogen and oxygen atoms in total. The Morgan fingerprint density at radius 1 is 1.30 bits per heavy atom. The van der Waals surface area contributed by atoms with Crippen molar-refractivity contribution in [3.8, 4) is 0 Å². The van der Waals surface area contributed by atoms with Crippen LogP contribution in [0.25, 0.3) is 0 Å². The minimum atomic E-state index is -0.577. The second-order valence-electron chi connectivity index (χ2n) is 6.02. The van der Waals surface area contributed by atoms with Gasteiger partial charge in [-0.15, -0.1) is 0 Å². The minimum absolute atomic E-state index is 0.0447. The summed E-state index contributed by atoms with van der Waals surface area (Å²) in [5.41, 5.74) is 0.540. The maximum Gasteiger partial charge on any atom is 0.309 e. The van der Waals surface area contributed by atoms with E-state index in [1.54, 1.807) is 0 Å². The summed E-state index contributed by atoms with van der Waals surface area (Å²) in [4.78, 5) is 22.8. The normalized spacial score (nSPS) is 23.4. The fourth-order valence-corrected chi connectivity index (χ4v) is 2.67. The highest BCUT2D eigenvalue weighted by Crippen LogP contribution is 2.44. The summed E-state index contributed by atoms with van der Waals surface area (Å²) in [5, 5.41) is 0. The summed E-state index contributed by atoms with van der Waals surface area (Å²) >= 11 is 0. The van der Waals surface area contributed by atoms with E-state index in [9.17, 15) is 9.59 Å². The van der Waals surface area contributed by atoms with Crippen LogP contribution in [0.3, 0.4) is 0 Å². The maximum absolute atomic E-state index is 11.6. The van der Waals surface area contributed by atoms with E-state index in [0.29, 0.717) is 12.5 Å². The van der Waals surface area contributed by atoms with Crippen molar-refractivity contribution < 1.29 is 19.1 Å². The molecule has 1 aliphatic carbocycles. The van der Waals surface area contributed by atoms with E-state index in [-0.39, 0.29) is 17.9 Å². The second kappa shape index (κ2) is 6.91. The van der Waals surface area contributed by atoms with Crippen LogP contribution in [0.2, 0.25) is 0 Å². The molecular formula is C16H26O4. The van der Waals surface area contributed by atoms with Gasteiger partial charge in [0.15, 0.2) is 0 Å². The fraction of sp³-hybridized carbons (Fsp3) is 0.750. The third-order valence-electron chi connectivity index (χ3n) is 3.49. The van der Waals surface area contributed by atoms with Gasteiger partial charge < -0.3 is 9.47 Å². The van der Waals surface area contributed by atoms with Gasteiger partial charge in [-0.2, -0.15) is 0 Å². The van der Waals surface area contributed by atoms with Crippen molar-refractivity contribution in [1.82, 2.24) is 0 Å². The molecule has 0 aromatic carbocycles. The van der Waals surface area contributed by atoms with E-state index >= 15 is 0 Å². The van der Waals surface area contributed by atoms with Crippen molar-refractivity contribution in [2.75, 3.05) is 6.61 Å². The van der Waals surface area contributed by atoms with Crippen molar-refractivity contribution in [3.05, 3.63) is 11.6 Å². The predicted molar refractivity (Wildman–Crippen MR) is 77.1 cm³/mol. The van der Waals surface area contributed by atoms with Gasteiger partial charge in [-0.25, -0.2) is 0 Å². The quantitative estimate of drug-likeness (QED) is 0.531. The fourth-order valence-electron chi connectivity index (χ4n) is 2.67.